The minimum Gasteiger partial charge on any atom is -0.0981 e. The third-order valence-corrected chi connectivity index (χ3v) is 2.95. The zero-order chi connectivity index (χ0) is 7.68. The Morgan fingerprint density at radius 1 is 1.36 bits per heavy atom. The van der Waals surface area contributed by atoms with E-state index in [1.807, 2.05) is 11.8 Å². The average molecular weight is 162 g/mol. The van der Waals surface area contributed by atoms with Gasteiger partial charge in [-0.1, -0.05) is 30.0 Å². The highest BCUT2D eigenvalue weighted by atomic mass is 32.2. The normalized spacial score (nSPS) is 14.6. The Labute approximate surface area is 71.3 Å². The van der Waals surface area contributed by atoms with Crippen molar-refractivity contribution in [1.29, 1.82) is 0 Å². The number of rotatable bonds is 0. The molecule has 0 aliphatic carbocycles. The van der Waals surface area contributed by atoms with Crippen LogP contribution in [0, 0.1) is 6.92 Å². The number of fused-ring (bicyclic) bond motifs is 1. The Kier molecular flexibility index (Phi) is 1.74. The summed E-state index contributed by atoms with van der Waals surface area (Å²) in [6.07, 6.45) is 3.33. The molecule has 11 heavy (non-hydrogen) atoms. The van der Waals surface area contributed by atoms with Crippen molar-refractivity contribution in [2.24, 2.45) is 0 Å². The van der Waals surface area contributed by atoms with Crippen LogP contribution in [0.2, 0.25) is 0 Å². The van der Waals surface area contributed by atoms with Crippen LogP contribution in [0.1, 0.15) is 11.1 Å². The summed E-state index contributed by atoms with van der Waals surface area (Å²) in [5.41, 5.74) is 2.92. The highest BCUT2D eigenvalue weighted by Crippen LogP contribution is 2.30. The van der Waals surface area contributed by atoms with Crippen LogP contribution in [-0.2, 0) is 6.42 Å². The summed E-state index contributed by atoms with van der Waals surface area (Å²) < 4.78 is 0. The van der Waals surface area contributed by atoms with Crippen LogP contribution in [0.25, 0.3) is 0 Å². The standard InChI is InChI=1S/C10H10S/c1-8-4-2-6-10-9(8)5-3-7-11-10/h2-4,6-7H,5H2,1H3. The monoisotopic (exact) mass is 162 g/mol. The predicted molar refractivity (Wildman–Crippen MR) is 49.9 cm³/mol. The van der Waals surface area contributed by atoms with E-state index in [0.717, 1.165) is 6.42 Å². The van der Waals surface area contributed by atoms with Gasteiger partial charge in [0.1, 0.15) is 0 Å². The second-order valence-corrected chi connectivity index (χ2v) is 3.69. The van der Waals surface area contributed by atoms with Crippen LogP contribution in [0.5, 0.6) is 0 Å². The Hall–Kier alpha value is -0.690. The van der Waals surface area contributed by atoms with Crippen molar-refractivity contribution in [2.45, 2.75) is 18.2 Å². The van der Waals surface area contributed by atoms with Gasteiger partial charge in [-0.25, -0.2) is 0 Å². The van der Waals surface area contributed by atoms with E-state index in [4.69, 9.17) is 0 Å². The molecule has 56 valence electrons. The van der Waals surface area contributed by atoms with Crippen molar-refractivity contribution in [3.63, 3.8) is 0 Å². The van der Waals surface area contributed by atoms with Crippen LogP contribution in [0.3, 0.4) is 0 Å². The molecule has 0 spiro atoms. The largest absolute Gasteiger partial charge is 0.0981 e. The van der Waals surface area contributed by atoms with Gasteiger partial charge in [0.05, 0.1) is 0 Å². The van der Waals surface area contributed by atoms with E-state index in [9.17, 15) is 0 Å². The van der Waals surface area contributed by atoms with Crippen molar-refractivity contribution in [3.05, 3.63) is 40.8 Å². The molecule has 0 amide bonds. The molecule has 1 heteroatoms. The number of hydrogen-bond acceptors (Lipinski definition) is 1. The summed E-state index contributed by atoms with van der Waals surface area (Å²) in [5.74, 6) is 0. The number of hydrogen-bond donors (Lipinski definition) is 0. The highest BCUT2D eigenvalue weighted by Gasteiger charge is 2.05. The van der Waals surface area contributed by atoms with Gasteiger partial charge < -0.3 is 0 Å². The van der Waals surface area contributed by atoms with E-state index in [1.54, 1.807) is 0 Å². The van der Waals surface area contributed by atoms with Crippen molar-refractivity contribution < 1.29 is 0 Å². The second-order valence-electron chi connectivity index (χ2n) is 2.75. The Morgan fingerprint density at radius 3 is 3.09 bits per heavy atom. The lowest BCUT2D eigenvalue weighted by molar-refractivity contribution is 1.13. The minimum atomic E-state index is 1.11. The molecule has 1 aliphatic heterocycles. The summed E-state index contributed by atoms with van der Waals surface area (Å²) in [6.45, 7) is 2.18. The maximum absolute atomic E-state index is 2.22. The number of allylic oxidation sites excluding steroid dienone is 1. The molecule has 0 bridgehead atoms. The topological polar surface area (TPSA) is 0 Å². The fourth-order valence-corrected chi connectivity index (χ4v) is 2.22. The first-order chi connectivity index (χ1) is 5.38. The molecule has 1 aliphatic rings. The Bertz CT molecular complexity index is 300. The average Bonchev–Trinajstić information content (AvgIpc) is 2.06. The molecule has 2 rings (SSSR count). The van der Waals surface area contributed by atoms with E-state index in [-0.39, 0.29) is 0 Å². The lowest BCUT2D eigenvalue weighted by atomic mass is 10.1. The van der Waals surface area contributed by atoms with Crippen molar-refractivity contribution in [1.82, 2.24) is 0 Å². The molecular weight excluding hydrogens is 152 g/mol. The fourth-order valence-electron chi connectivity index (χ4n) is 1.33. The molecule has 0 saturated carbocycles. The first-order valence-electron chi connectivity index (χ1n) is 3.78. The smallest absolute Gasteiger partial charge is 0.0154 e. The van der Waals surface area contributed by atoms with Crippen LogP contribution in [0.4, 0.5) is 0 Å². The van der Waals surface area contributed by atoms with Gasteiger partial charge >= 0.3 is 0 Å². The van der Waals surface area contributed by atoms with E-state index >= 15 is 0 Å². The Balaban J connectivity index is 2.54. The first-order valence-corrected chi connectivity index (χ1v) is 4.66. The van der Waals surface area contributed by atoms with Crippen molar-refractivity contribution in [3.8, 4) is 0 Å². The molecule has 0 saturated heterocycles. The van der Waals surface area contributed by atoms with E-state index in [1.165, 1.54) is 16.0 Å². The number of benzene rings is 1. The van der Waals surface area contributed by atoms with Crippen LogP contribution < -0.4 is 0 Å². The SMILES string of the molecule is Cc1cccc2c1CC=CS2. The summed E-state index contributed by atoms with van der Waals surface area (Å²) in [5, 5.41) is 2.17. The molecule has 0 N–H and O–H groups in total. The zero-order valence-corrected chi connectivity index (χ0v) is 7.32. The van der Waals surface area contributed by atoms with E-state index < -0.39 is 0 Å². The molecule has 0 radical (unpaired) electrons. The fraction of sp³-hybridized carbons (Fsp3) is 0.200. The predicted octanol–water partition coefficient (Wildman–Crippen LogP) is 3.16. The number of thioether (sulfide) groups is 1. The van der Waals surface area contributed by atoms with Crippen LogP contribution in [0.15, 0.2) is 34.6 Å². The van der Waals surface area contributed by atoms with Gasteiger partial charge in [0, 0.05) is 4.90 Å². The van der Waals surface area contributed by atoms with E-state index in [2.05, 4.69) is 36.6 Å². The van der Waals surface area contributed by atoms with Crippen molar-refractivity contribution in [2.75, 3.05) is 0 Å². The summed E-state index contributed by atoms with van der Waals surface area (Å²) in [6, 6.07) is 6.50. The molecule has 0 aromatic heterocycles. The maximum Gasteiger partial charge on any atom is 0.0154 e. The molecule has 0 nitrogen and oxygen atoms in total. The lowest BCUT2D eigenvalue weighted by Gasteiger charge is -2.11. The minimum absolute atomic E-state index is 1.11. The van der Waals surface area contributed by atoms with Gasteiger partial charge in [0.2, 0.25) is 0 Å². The molecule has 1 aromatic rings. The Morgan fingerprint density at radius 2 is 2.27 bits per heavy atom. The third-order valence-electron chi connectivity index (χ3n) is 1.98. The van der Waals surface area contributed by atoms with Gasteiger partial charge in [-0.15, -0.1) is 0 Å². The zero-order valence-electron chi connectivity index (χ0n) is 6.50. The lowest BCUT2D eigenvalue weighted by Crippen LogP contribution is -1.92. The van der Waals surface area contributed by atoms with Gasteiger partial charge in [-0.3, -0.25) is 0 Å². The maximum atomic E-state index is 2.22. The second kappa shape index (κ2) is 2.74. The quantitative estimate of drug-likeness (QED) is 0.564. The van der Waals surface area contributed by atoms with E-state index in [0.29, 0.717) is 0 Å². The molecule has 0 atom stereocenters. The van der Waals surface area contributed by atoms with Gasteiger partial charge in [-0.2, -0.15) is 0 Å². The van der Waals surface area contributed by atoms with Crippen molar-refractivity contribution >= 4 is 11.8 Å². The first kappa shape index (κ1) is 6.99. The van der Waals surface area contributed by atoms with Gasteiger partial charge in [-0.05, 0) is 35.9 Å². The molecule has 0 fully saturated rings. The third kappa shape index (κ3) is 1.21. The molecule has 1 heterocycles. The number of aryl methyl sites for hydroxylation is 1. The summed E-state index contributed by atoms with van der Waals surface area (Å²) in [7, 11) is 0. The molecule has 0 unspecified atom stereocenters. The van der Waals surface area contributed by atoms with Crippen LogP contribution >= 0.6 is 11.8 Å². The summed E-state index contributed by atoms with van der Waals surface area (Å²) >= 11 is 1.82. The van der Waals surface area contributed by atoms with Gasteiger partial charge in [0.25, 0.3) is 0 Å². The van der Waals surface area contributed by atoms with Gasteiger partial charge in [0.15, 0.2) is 0 Å². The van der Waals surface area contributed by atoms with Crippen LogP contribution in [-0.4, -0.2) is 0 Å². The molecular formula is C10H10S. The highest BCUT2D eigenvalue weighted by molar-refractivity contribution is 8.02. The molecule has 1 aromatic carbocycles. The summed E-state index contributed by atoms with van der Waals surface area (Å²) in [4.78, 5) is 1.42.